The molecule has 0 radical (unpaired) electrons. The molecule has 0 bridgehead atoms. The highest BCUT2D eigenvalue weighted by Crippen LogP contribution is 2.40. The third kappa shape index (κ3) is 4.99. The van der Waals surface area contributed by atoms with Gasteiger partial charge in [-0.1, -0.05) is 133 Å². The number of fused-ring (bicyclic) bond motifs is 6. The minimum Gasteiger partial charge on any atom is -0.456 e. The average Bonchev–Trinajstić information content (AvgIpc) is 3.47. The Bertz CT molecular complexity index is 2310. The molecule has 0 fully saturated rings. The average molecular weight is 569 g/mol. The van der Waals surface area contributed by atoms with Crippen LogP contribution in [0.4, 0.5) is 11.4 Å². The number of aryl methyl sites for hydroxylation is 1. The summed E-state index contributed by atoms with van der Waals surface area (Å²) in [6.45, 7) is 4.12. The summed E-state index contributed by atoms with van der Waals surface area (Å²) in [5.74, 6) is 0. The Kier molecular flexibility index (Phi) is 7.13. The minimum atomic E-state index is 0.725. The molecule has 8 rings (SSSR count). The standard InChI is InChI=1S/C28H22N2.C13H10O/c1-19(21-12-9-13-22(18-21)20-10-3-2-4-11-20)30-28-26-17-8-6-15-24(26)23-14-5-7-16-25(23)27(28)29;1-9-5-4-7-11-10-6-2-3-8-12(10)14-13(9)11/h2-18H,29H2,1H3;2-8H,1H3. The molecule has 0 aliphatic heterocycles. The minimum absolute atomic E-state index is 0.725. The molecular formula is C41H32N2O. The Balaban J connectivity index is 0.000000185. The summed E-state index contributed by atoms with van der Waals surface area (Å²) in [4.78, 5) is 5.03. The molecule has 8 aromatic rings. The number of hydrogen-bond acceptors (Lipinski definition) is 3. The lowest BCUT2D eigenvalue weighted by atomic mass is 9.98. The van der Waals surface area contributed by atoms with Crippen LogP contribution in [0, 0.1) is 6.92 Å². The molecule has 44 heavy (non-hydrogen) atoms. The van der Waals surface area contributed by atoms with Gasteiger partial charge in [0.05, 0.1) is 11.4 Å². The number of aliphatic imine (C=N–C) groups is 1. The third-order valence-electron chi connectivity index (χ3n) is 8.21. The van der Waals surface area contributed by atoms with Crippen molar-refractivity contribution in [2.75, 3.05) is 5.73 Å². The second kappa shape index (κ2) is 11.5. The Morgan fingerprint density at radius 3 is 1.89 bits per heavy atom. The van der Waals surface area contributed by atoms with Crippen molar-refractivity contribution in [3.8, 4) is 11.1 Å². The van der Waals surface area contributed by atoms with Crippen molar-refractivity contribution >= 4 is 60.6 Å². The van der Waals surface area contributed by atoms with Crippen molar-refractivity contribution in [3.63, 3.8) is 0 Å². The monoisotopic (exact) mass is 568 g/mol. The number of rotatable bonds is 3. The molecule has 0 saturated heterocycles. The van der Waals surface area contributed by atoms with Gasteiger partial charge < -0.3 is 10.2 Å². The summed E-state index contributed by atoms with van der Waals surface area (Å²) in [5, 5.41) is 6.86. The Morgan fingerprint density at radius 2 is 1.11 bits per heavy atom. The third-order valence-corrected chi connectivity index (χ3v) is 8.21. The molecule has 1 heterocycles. The van der Waals surface area contributed by atoms with Gasteiger partial charge in [0, 0.05) is 27.3 Å². The van der Waals surface area contributed by atoms with Crippen molar-refractivity contribution in [2.45, 2.75) is 13.8 Å². The molecule has 0 atom stereocenters. The van der Waals surface area contributed by atoms with Crippen LogP contribution in [0.15, 0.2) is 155 Å². The van der Waals surface area contributed by atoms with E-state index in [2.05, 4.69) is 116 Å². The molecule has 0 spiro atoms. The van der Waals surface area contributed by atoms with Gasteiger partial charge in [-0.05, 0) is 59.0 Å². The predicted octanol–water partition coefficient (Wildman–Crippen LogP) is 11.3. The van der Waals surface area contributed by atoms with E-state index in [0.29, 0.717) is 0 Å². The second-order valence-electron chi connectivity index (χ2n) is 11.0. The molecule has 0 amide bonds. The van der Waals surface area contributed by atoms with Crippen LogP contribution in [0.25, 0.3) is 54.6 Å². The number of anilines is 1. The van der Waals surface area contributed by atoms with E-state index in [9.17, 15) is 0 Å². The molecule has 2 N–H and O–H groups in total. The maximum atomic E-state index is 6.63. The topological polar surface area (TPSA) is 51.5 Å². The molecule has 0 aliphatic rings. The highest BCUT2D eigenvalue weighted by molar-refractivity contribution is 6.20. The first kappa shape index (κ1) is 27.2. The number of benzene rings is 7. The normalized spacial score (nSPS) is 11.6. The molecular weight excluding hydrogens is 536 g/mol. The van der Waals surface area contributed by atoms with E-state index in [-0.39, 0.29) is 0 Å². The van der Waals surface area contributed by atoms with Gasteiger partial charge in [-0.25, -0.2) is 0 Å². The first-order valence-corrected chi connectivity index (χ1v) is 14.9. The SMILES string of the molecule is CC(=Nc1c(N)c2ccccc2c2ccccc12)c1cccc(-c2ccccc2)c1.Cc1cccc2c1oc1ccccc12. The predicted molar refractivity (Wildman–Crippen MR) is 188 cm³/mol. The lowest BCUT2D eigenvalue weighted by Crippen LogP contribution is -1.97. The zero-order chi connectivity index (χ0) is 30.0. The van der Waals surface area contributed by atoms with E-state index in [1.165, 1.54) is 32.8 Å². The molecule has 3 nitrogen and oxygen atoms in total. The van der Waals surface area contributed by atoms with Crippen molar-refractivity contribution in [2.24, 2.45) is 4.99 Å². The van der Waals surface area contributed by atoms with Crippen LogP contribution in [-0.2, 0) is 0 Å². The van der Waals surface area contributed by atoms with Crippen LogP contribution in [-0.4, -0.2) is 5.71 Å². The number of hydrogen-bond donors (Lipinski definition) is 1. The second-order valence-corrected chi connectivity index (χ2v) is 11.0. The van der Waals surface area contributed by atoms with Crippen molar-refractivity contribution in [1.29, 1.82) is 0 Å². The zero-order valence-electron chi connectivity index (χ0n) is 24.8. The van der Waals surface area contributed by atoms with Gasteiger partial charge >= 0.3 is 0 Å². The summed E-state index contributed by atoms with van der Waals surface area (Å²) in [5.41, 5.74) is 15.8. The van der Waals surface area contributed by atoms with Crippen LogP contribution in [0.1, 0.15) is 18.1 Å². The molecule has 7 aromatic carbocycles. The lowest BCUT2D eigenvalue weighted by Gasteiger charge is -2.13. The molecule has 0 saturated carbocycles. The Labute approximate surface area is 256 Å². The first-order chi connectivity index (χ1) is 21.6. The fourth-order valence-corrected chi connectivity index (χ4v) is 5.95. The van der Waals surface area contributed by atoms with Crippen molar-refractivity contribution in [3.05, 3.63) is 157 Å². The van der Waals surface area contributed by atoms with E-state index in [4.69, 9.17) is 15.1 Å². The Morgan fingerprint density at radius 1 is 0.545 bits per heavy atom. The number of furan rings is 1. The summed E-state index contributed by atoms with van der Waals surface area (Å²) < 4.78 is 5.78. The first-order valence-electron chi connectivity index (χ1n) is 14.9. The van der Waals surface area contributed by atoms with Crippen molar-refractivity contribution < 1.29 is 4.42 Å². The van der Waals surface area contributed by atoms with Crippen molar-refractivity contribution in [1.82, 2.24) is 0 Å². The number of para-hydroxylation sites is 2. The fraction of sp³-hybridized carbons (Fsp3) is 0.0488. The maximum Gasteiger partial charge on any atom is 0.138 e. The smallest absolute Gasteiger partial charge is 0.138 e. The van der Waals surface area contributed by atoms with Gasteiger partial charge in [-0.3, -0.25) is 4.99 Å². The highest BCUT2D eigenvalue weighted by Gasteiger charge is 2.12. The van der Waals surface area contributed by atoms with Gasteiger partial charge in [0.2, 0.25) is 0 Å². The molecule has 0 aliphatic carbocycles. The van der Waals surface area contributed by atoms with Gasteiger partial charge in [0.25, 0.3) is 0 Å². The van der Waals surface area contributed by atoms with Crippen LogP contribution < -0.4 is 5.73 Å². The van der Waals surface area contributed by atoms with Crippen LogP contribution in [0.3, 0.4) is 0 Å². The van der Waals surface area contributed by atoms with E-state index >= 15 is 0 Å². The molecule has 3 heteroatoms. The van der Waals surface area contributed by atoms with Crippen LogP contribution in [0.2, 0.25) is 0 Å². The fourth-order valence-electron chi connectivity index (χ4n) is 5.95. The van der Waals surface area contributed by atoms with Crippen LogP contribution >= 0.6 is 0 Å². The van der Waals surface area contributed by atoms with E-state index in [0.717, 1.165) is 50.0 Å². The number of nitrogen functional groups attached to an aromatic ring is 1. The Hall–Kier alpha value is -5.67. The lowest BCUT2D eigenvalue weighted by molar-refractivity contribution is 0.666. The van der Waals surface area contributed by atoms with Gasteiger partial charge in [0.1, 0.15) is 11.2 Å². The summed E-state index contributed by atoms with van der Waals surface area (Å²) in [7, 11) is 0. The zero-order valence-corrected chi connectivity index (χ0v) is 24.8. The van der Waals surface area contributed by atoms with Gasteiger partial charge in [-0.2, -0.15) is 0 Å². The summed E-state index contributed by atoms with van der Waals surface area (Å²) >= 11 is 0. The van der Waals surface area contributed by atoms with Gasteiger partial charge in [-0.15, -0.1) is 0 Å². The number of nitrogens with two attached hydrogens (primary N) is 1. The molecule has 0 unspecified atom stereocenters. The number of nitrogens with zero attached hydrogens (tertiary/aromatic N) is 1. The summed E-state index contributed by atoms with van der Waals surface area (Å²) in [6, 6.07) is 49.9. The highest BCUT2D eigenvalue weighted by atomic mass is 16.3. The van der Waals surface area contributed by atoms with E-state index in [1.54, 1.807) is 0 Å². The van der Waals surface area contributed by atoms with E-state index < -0.39 is 0 Å². The molecule has 1 aromatic heterocycles. The van der Waals surface area contributed by atoms with Crippen LogP contribution in [0.5, 0.6) is 0 Å². The maximum absolute atomic E-state index is 6.63. The van der Waals surface area contributed by atoms with Gasteiger partial charge in [0.15, 0.2) is 0 Å². The van der Waals surface area contributed by atoms with E-state index in [1.807, 2.05) is 43.3 Å². The largest absolute Gasteiger partial charge is 0.456 e. The quantitative estimate of drug-likeness (QED) is 0.131. The molecule has 212 valence electrons. The summed E-state index contributed by atoms with van der Waals surface area (Å²) in [6.07, 6.45) is 0.